The topological polar surface area (TPSA) is 50.7 Å². The van der Waals surface area contributed by atoms with Gasteiger partial charge in [-0.15, -0.1) is 0 Å². The molecule has 0 saturated carbocycles. The summed E-state index contributed by atoms with van der Waals surface area (Å²) in [5, 5.41) is 11.5. The van der Waals surface area contributed by atoms with Gasteiger partial charge in [-0.1, -0.05) is 13.8 Å². The Morgan fingerprint density at radius 2 is 2.00 bits per heavy atom. The molecular formula is C7H16NO3P. The highest BCUT2D eigenvalue weighted by molar-refractivity contribution is 7.45. The van der Waals surface area contributed by atoms with Crippen LogP contribution < -0.4 is 5.09 Å². The Bertz CT molecular complexity index is 133. The van der Waals surface area contributed by atoms with Gasteiger partial charge < -0.3 is 14.2 Å². The van der Waals surface area contributed by atoms with Gasteiger partial charge in [0.1, 0.15) is 0 Å². The fourth-order valence-electron chi connectivity index (χ4n) is 0.778. The van der Waals surface area contributed by atoms with E-state index in [-0.39, 0.29) is 12.0 Å². The van der Waals surface area contributed by atoms with Crippen molar-refractivity contribution < 1.29 is 14.2 Å². The van der Waals surface area contributed by atoms with Gasteiger partial charge in [0.25, 0.3) is 8.53 Å². The number of aliphatic hydroxyl groups is 1. The third-order valence-electron chi connectivity index (χ3n) is 1.50. The van der Waals surface area contributed by atoms with Crippen molar-refractivity contribution in [2.75, 3.05) is 26.4 Å². The van der Waals surface area contributed by atoms with Crippen LogP contribution >= 0.6 is 8.53 Å². The first-order chi connectivity index (χ1) is 5.64. The zero-order chi connectivity index (χ0) is 9.03. The molecule has 5 heteroatoms. The SMILES string of the molecule is CC1(C)COP(NCCO)OC1. The first-order valence-electron chi connectivity index (χ1n) is 4.04. The van der Waals surface area contributed by atoms with Gasteiger partial charge in [-0.3, -0.25) is 0 Å². The zero-order valence-electron chi connectivity index (χ0n) is 7.54. The summed E-state index contributed by atoms with van der Waals surface area (Å²) in [6.45, 7) is 6.30. The van der Waals surface area contributed by atoms with Crippen molar-refractivity contribution in [1.82, 2.24) is 5.09 Å². The summed E-state index contributed by atoms with van der Waals surface area (Å²) in [5.41, 5.74) is 0.125. The predicted molar refractivity (Wildman–Crippen MR) is 47.7 cm³/mol. The van der Waals surface area contributed by atoms with Gasteiger partial charge in [-0.2, -0.15) is 0 Å². The van der Waals surface area contributed by atoms with Gasteiger partial charge in [0.2, 0.25) is 0 Å². The summed E-state index contributed by atoms with van der Waals surface area (Å²) in [6, 6.07) is 0. The van der Waals surface area contributed by atoms with E-state index in [4.69, 9.17) is 14.2 Å². The fourth-order valence-corrected chi connectivity index (χ4v) is 2.25. The first kappa shape index (κ1) is 10.4. The molecule has 1 aliphatic rings. The zero-order valence-corrected chi connectivity index (χ0v) is 8.43. The van der Waals surface area contributed by atoms with Crippen LogP contribution in [0, 0.1) is 5.41 Å². The largest absolute Gasteiger partial charge is 0.395 e. The first-order valence-corrected chi connectivity index (χ1v) is 5.22. The molecule has 0 amide bonds. The molecule has 1 saturated heterocycles. The molecule has 0 aromatic carbocycles. The van der Waals surface area contributed by atoms with Gasteiger partial charge in [-0.05, 0) is 0 Å². The van der Waals surface area contributed by atoms with Gasteiger partial charge in [-0.25, -0.2) is 5.09 Å². The van der Waals surface area contributed by atoms with Gasteiger partial charge >= 0.3 is 0 Å². The summed E-state index contributed by atoms with van der Waals surface area (Å²) in [5.74, 6) is 0. The molecule has 1 aliphatic heterocycles. The lowest BCUT2D eigenvalue weighted by Crippen LogP contribution is -2.31. The third-order valence-corrected chi connectivity index (χ3v) is 2.71. The second-order valence-electron chi connectivity index (χ2n) is 3.60. The number of rotatable bonds is 3. The van der Waals surface area contributed by atoms with E-state index in [2.05, 4.69) is 18.9 Å². The second-order valence-corrected chi connectivity index (χ2v) is 4.95. The molecule has 0 aliphatic carbocycles. The molecule has 0 atom stereocenters. The number of aliphatic hydroxyl groups excluding tert-OH is 1. The summed E-state index contributed by atoms with van der Waals surface area (Å²) in [4.78, 5) is 0. The van der Waals surface area contributed by atoms with Crippen molar-refractivity contribution in [3.8, 4) is 0 Å². The van der Waals surface area contributed by atoms with E-state index in [1.54, 1.807) is 0 Å². The van der Waals surface area contributed by atoms with Crippen LogP contribution in [0.25, 0.3) is 0 Å². The standard InChI is InChI=1S/C7H16NO3P/c1-7(2)5-10-12(11-6-7)8-3-4-9/h8-9H,3-6H2,1-2H3. The minimum absolute atomic E-state index is 0.120. The van der Waals surface area contributed by atoms with E-state index in [0.717, 1.165) is 13.2 Å². The lowest BCUT2D eigenvalue weighted by Gasteiger charge is -2.33. The van der Waals surface area contributed by atoms with Crippen LogP contribution in [0.1, 0.15) is 13.8 Å². The Morgan fingerprint density at radius 3 is 2.50 bits per heavy atom. The summed E-state index contributed by atoms with van der Waals surface area (Å²) in [7, 11) is -0.946. The van der Waals surface area contributed by atoms with Crippen LogP contribution in [0.2, 0.25) is 0 Å². The van der Waals surface area contributed by atoms with Crippen LogP contribution in [0.4, 0.5) is 0 Å². The summed E-state index contributed by atoms with van der Waals surface area (Å²) < 4.78 is 10.8. The van der Waals surface area contributed by atoms with Gasteiger partial charge in [0.05, 0.1) is 19.8 Å². The van der Waals surface area contributed by atoms with Crippen LogP contribution in [-0.2, 0) is 9.05 Å². The minimum atomic E-state index is -0.946. The molecule has 72 valence electrons. The molecule has 12 heavy (non-hydrogen) atoms. The fraction of sp³-hybridized carbons (Fsp3) is 1.00. The van der Waals surface area contributed by atoms with E-state index in [1.165, 1.54) is 0 Å². The number of hydrogen-bond donors (Lipinski definition) is 2. The number of nitrogens with one attached hydrogen (secondary N) is 1. The molecule has 0 unspecified atom stereocenters. The Hall–Kier alpha value is 0.270. The smallest absolute Gasteiger partial charge is 0.255 e. The Morgan fingerprint density at radius 1 is 1.42 bits per heavy atom. The maximum Gasteiger partial charge on any atom is 0.255 e. The summed E-state index contributed by atoms with van der Waals surface area (Å²) in [6.07, 6.45) is 0. The molecule has 1 fully saturated rings. The van der Waals surface area contributed by atoms with E-state index in [0.29, 0.717) is 6.54 Å². The monoisotopic (exact) mass is 193 g/mol. The van der Waals surface area contributed by atoms with Crippen molar-refractivity contribution in [2.24, 2.45) is 5.41 Å². The van der Waals surface area contributed by atoms with Crippen LogP contribution in [0.3, 0.4) is 0 Å². The third kappa shape index (κ3) is 3.33. The van der Waals surface area contributed by atoms with Crippen molar-refractivity contribution >= 4 is 8.53 Å². The molecule has 0 spiro atoms. The molecule has 0 aromatic heterocycles. The lowest BCUT2D eigenvalue weighted by molar-refractivity contribution is 0.0578. The van der Waals surface area contributed by atoms with Crippen molar-refractivity contribution in [1.29, 1.82) is 0 Å². The molecule has 0 radical (unpaired) electrons. The van der Waals surface area contributed by atoms with Crippen LogP contribution in [0.15, 0.2) is 0 Å². The second kappa shape index (κ2) is 4.49. The highest BCUT2D eigenvalue weighted by Crippen LogP contribution is 2.41. The van der Waals surface area contributed by atoms with Crippen molar-refractivity contribution in [3.63, 3.8) is 0 Å². The molecular weight excluding hydrogens is 177 g/mol. The number of hydrogen-bond acceptors (Lipinski definition) is 4. The normalized spacial score (nSPS) is 24.2. The minimum Gasteiger partial charge on any atom is -0.395 e. The quantitative estimate of drug-likeness (QED) is 0.653. The Balaban J connectivity index is 2.18. The molecule has 1 heterocycles. The maximum absolute atomic E-state index is 8.54. The average molecular weight is 193 g/mol. The van der Waals surface area contributed by atoms with Crippen molar-refractivity contribution in [3.05, 3.63) is 0 Å². The van der Waals surface area contributed by atoms with E-state index < -0.39 is 8.53 Å². The Labute approximate surface area is 74.2 Å². The molecule has 0 bridgehead atoms. The lowest BCUT2D eigenvalue weighted by atomic mass is 9.97. The van der Waals surface area contributed by atoms with E-state index >= 15 is 0 Å². The Kier molecular flexibility index (Phi) is 3.87. The predicted octanol–water partition coefficient (Wildman–Crippen LogP) is 0.868. The molecule has 4 nitrogen and oxygen atoms in total. The molecule has 1 rings (SSSR count). The van der Waals surface area contributed by atoms with Gasteiger partial charge in [0.15, 0.2) is 0 Å². The van der Waals surface area contributed by atoms with Crippen LogP contribution in [-0.4, -0.2) is 31.5 Å². The van der Waals surface area contributed by atoms with Crippen molar-refractivity contribution in [2.45, 2.75) is 13.8 Å². The highest BCUT2D eigenvalue weighted by Gasteiger charge is 2.28. The molecule has 0 aromatic rings. The maximum atomic E-state index is 8.54. The summed E-state index contributed by atoms with van der Waals surface area (Å²) >= 11 is 0. The average Bonchev–Trinajstić information content (AvgIpc) is 2.03. The molecule has 2 N–H and O–H groups in total. The van der Waals surface area contributed by atoms with E-state index in [9.17, 15) is 0 Å². The highest BCUT2D eigenvalue weighted by atomic mass is 31.2. The van der Waals surface area contributed by atoms with Gasteiger partial charge in [0, 0.05) is 12.0 Å². The van der Waals surface area contributed by atoms with E-state index in [1.807, 2.05) is 0 Å². The van der Waals surface area contributed by atoms with Crippen LogP contribution in [0.5, 0.6) is 0 Å².